The van der Waals surface area contributed by atoms with E-state index in [2.05, 4.69) is 9.98 Å². The Balaban J connectivity index is 2.30. The quantitative estimate of drug-likeness (QED) is 0.696. The van der Waals surface area contributed by atoms with Crippen LogP contribution >= 0.6 is 0 Å². The fraction of sp³-hybridized carbons (Fsp3) is 0.667. The van der Waals surface area contributed by atoms with Gasteiger partial charge in [-0.1, -0.05) is 26.2 Å². The maximum Gasteiger partial charge on any atom is 0.331 e. The van der Waals surface area contributed by atoms with Gasteiger partial charge in [0.25, 0.3) is 5.56 Å². The lowest BCUT2D eigenvalue weighted by molar-refractivity contribution is 0.385. The number of aromatic nitrogens is 2. The zero-order valence-corrected chi connectivity index (χ0v) is 12.9. The van der Waals surface area contributed by atoms with Crippen molar-refractivity contribution in [3.8, 4) is 5.88 Å². The van der Waals surface area contributed by atoms with Gasteiger partial charge >= 0.3 is 5.69 Å². The summed E-state index contributed by atoms with van der Waals surface area (Å²) >= 11 is 0. The Bertz CT molecular complexity index is 647. The lowest BCUT2D eigenvalue weighted by Crippen LogP contribution is -2.36. The predicted octanol–water partition coefficient (Wildman–Crippen LogP) is 0.731. The third-order valence-corrected chi connectivity index (χ3v) is 4.12. The zero-order chi connectivity index (χ0) is 16.1. The van der Waals surface area contributed by atoms with Gasteiger partial charge in [-0.2, -0.15) is 0 Å². The summed E-state index contributed by atoms with van der Waals surface area (Å²) < 4.78 is 1.17. The molecule has 1 aliphatic carbocycles. The van der Waals surface area contributed by atoms with Gasteiger partial charge in [-0.3, -0.25) is 19.3 Å². The van der Waals surface area contributed by atoms with E-state index in [1.807, 2.05) is 6.92 Å². The van der Waals surface area contributed by atoms with Crippen LogP contribution in [-0.2, 0) is 6.54 Å². The highest BCUT2D eigenvalue weighted by atomic mass is 16.3. The van der Waals surface area contributed by atoms with Crippen LogP contribution in [0.1, 0.15) is 51.0 Å². The highest BCUT2D eigenvalue weighted by Gasteiger charge is 2.21. The summed E-state index contributed by atoms with van der Waals surface area (Å²) in [7, 11) is 0. The number of H-pyrrole nitrogens is 1. The maximum atomic E-state index is 11.9. The van der Waals surface area contributed by atoms with E-state index in [-0.39, 0.29) is 23.5 Å². The first-order valence-corrected chi connectivity index (χ1v) is 7.89. The molecule has 0 aromatic carbocycles. The molecule has 1 saturated carbocycles. The van der Waals surface area contributed by atoms with Crippen LogP contribution in [0.5, 0.6) is 5.88 Å². The molecule has 1 aromatic heterocycles. The third-order valence-electron chi connectivity index (χ3n) is 4.12. The Labute approximate surface area is 128 Å². The molecule has 4 N–H and O–H groups in total. The number of unbranched alkanes of at least 4 members (excludes halogenated alkanes) is 1. The first-order valence-electron chi connectivity index (χ1n) is 7.89. The number of aliphatic imine (C=N–C) groups is 1. The molecule has 122 valence electrons. The van der Waals surface area contributed by atoms with E-state index in [0.29, 0.717) is 6.54 Å². The number of hydrogen-bond acceptors (Lipinski definition) is 5. The Hall–Kier alpha value is -1.89. The lowest BCUT2D eigenvalue weighted by atomic mass is 9.91. The maximum absolute atomic E-state index is 11.9. The summed E-state index contributed by atoms with van der Waals surface area (Å²) in [5, 5.41) is 10.2. The summed E-state index contributed by atoms with van der Waals surface area (Å²) in [6.07, 6.45) is 6.93. The summed E-state index contributed by atoms with van der Waals surface area (Å²) in [5.74, 6) is -0.324. The molecule has 22 heavy (non-hydrogen) atoms. The van der Waals surface area contributed by atoms with E-state index >= 15 is 0 Å². The Morgan fingerprint density at radius 1 is 1.41 bits per heavy atom. The van der Waals surface area contributed by atoms with Crippen molar-refractivity contribution >= 4 is 6.21 Å². The highest BCUT2D eigenvalue weighted by Crippen LogP contribution is 2.20. The van der Waals surface area contributed by atoms with E-state index in [4.69, 9.17) is 5.73 Å². The average molecular weight is 308 g/mol. The van der Waals surface area contributed by atoms with Gasteiger partial charge in [0.15, 0.2) is 0 Å². The van der Waals surface area contributed by atoms with Gasteiger partial charge in [0.2, 0.25) is 5.88 Å². The molecule has 0 amide bonds. The van der Waals surface area contributed by atoms with E-state index in [0.717, 1.165) is 38.5 Å². The van der Waals surface area contributed by atoms with Gasteiger partial charge in [-0.15, -0.1) is 0 Å². The van der Waals surface area contributed by atoms with Crippen molar-refractivity contribution in [2.45, 2.75) is 64.1 Å². The van der Waals surface area contributed by atoms with Gasteiger partial charge in [0.1, 0.15) is 5.56 Å². The first-order chi connectivity index (χ1) is 10.5. The molecule has 7 nitrogen and oxygen atoms in total. The van der Waals surface area contributed by atoms with E-state index in [1.165, 1.54) is 10.8 Å². The molecule has 0 spiro atoms. The number of hydrogen-bond donors (Lipinski definition) is 3. The van der Waals surface area contributed by atoms with Crippen LogP contribution in [0.25, 0.3) is 0 Å². The van der Waals surface area contributed by atoms with Gasteiger partial charge in [-0.05, 0) is 19.3 Å². The van der Waals surface area contributed by atoms with Crippen molar-refractivity contribution in [1.29, 1.82) is 0 Å². The predicted molar refractivity (Wildman–Crippen MR) is 85.7 cm³/mol. The summed E-state index contributed by atoms with van der Waals surface area (Å²) in [6.45, 7) is 2.35. The first kappa shape index (κ1) is 16.5. The molecule has 2 atom stereocenters. The van der Waals surface area contributed by atoms with Gasteiger partial charge in [0.05, 0.1) is 6.04 Å². The van der Waals surface area contributed by atoms with Crippen molar-refractivity contribution in [2.24, 2.45) is 10.7 Å². The number of nitrogens with one attached hydrogen (secondary N) is 1. The number of aromatic amines is 1. The number of nitrogens with zero attached hydrogens (tertiary/aromatic N) is 2. The smallest absolute Gasteiger partial charge is 0.331 e. The molecule has 7 heteroatoms. The average Bonchev–Trinajstić information content (AvgIpc) is 2.48. The Morgan fingerprint density at radius 3 is 2.82 bits per heavy atom. The van der Waals surface area contributed by atoms with Gasteiger partial charge in [-0.25, -0.2) is 4.79 Å². The second-order valence-corrected chi connectivity index (χ2v) is 5.80. The van der Waals surface area contributed by atoms with Crippen LogP contribution < -0.4 is 17.0 Å². The lowest BCUT2D eigenvalue weighted by Gasteiger charge is -2.24. The van der Waals surface area contributed by atoms with E-state index in [9.17, 15) is 14.7 Å². The van der Waals surface area contributed by atoms with Crippen LogP contribution in [0, 0.1) is 0 Å². The monoisotopic (exact) mass is 308 g/mol. The van der Waals surface area contributed by atoms with Gasteiger partial charge in [0, 0.05) is 18.8 Å². The summed E-state index contributed by atoms with van der Waals surface area (Å²) in [6, 6.07) is -0.0548. The minimum Gasteiger partial charge on any atom is -0.494 e. The summed E-state index contributed by atoms with van der Waals surface area (Å²) in [4.78, 5) is 30.2. The topological polar surface area (TPSA) is 113 Å². The molecular formula is C15H24N4O3. The molecule has 0 radical (unpaired) electrons. The van der Waals surface area contributed by atoms with Crippen LogP contribution in [0.2, 0.25) is 0 Å². The number of rotatable bonds is 5. The third kappa shape index (κ3) is 3.65. The normalized spacial score (nSPS) is 22.3. The second-order valence-electron chi connectivity index (χ2n) is 5.80. The van der Waals surface area contributed by atoms with Crippen molar-refractivity contribution in [1.82, 2.24) is 9.55 Å². The largest absolute Gasteiger partial charge is 0.494 e. The zero-order valence-electron chi connectivity index (χ0n) is 12.9. The molecule has 1 aromatic rings. The molecule has 0 aliphatic heterocycles. The van der Waals surface area contributed by atoms with Crippen molar-refractivity contribution in [2.75, 3.05) is 0 Å². The van der Waals surface area contributed by atoms with E-state index in [1.54, 1.807) is 0 Å². The number of aromatic hydroxyl groups is 1. The minimum absolute atomic E-state index is 0.0165. The minimum atomic E-state index is -0.622. The Morgan fingerprint density at radius 2 is 2.14 bits per heavy atom. The standard InChI is InChI=1S/C15H24N4O3/c1-2-3-8-19-14(21)10(13(20)18-15(19)22)9-17-12-7-5-4-6-11(12)16/h9,11-12,21H,2-8,16H2,1H3,(H,18,20,22). The molecule has 1 fully saturated rings. The van der Waals surface area contributed by atoms with Crippen LogP contribution in [0.4, 0.5) is 0 Å². The molecule has 2 unspecified atom stereocenters. The Kier molecular flexibility index (Phi) is 5.54. The van der Waals surface area contributed by atoms with Crippen molar-refractivity contribution < 1.29 is 5.11 Å². The molecule has 2 rings (SSSR count). The molecule has 0 bridgehead atoms. The van der Waals surface area contributed by atoms with Crippen molar-refractivity contribution in [3.05, 3.63) is 26.4 Å². The van der Waals surface area contributed by atoms with Crippen molar-refractivity contribution in [3.63, 3.8) is 0 Å². The number of nitrogens with two attached hydrogens (primary N) is 1. The highest BCUT2D eigenvalue weighted by molar-refractivity contribution is 5.82. The second kappa shape index (κ2) is 7.40. The van der Waals surface area contributed by atoms with Crippen LogP contribution in [0.3, 0.4) is 0 Å². The SMILES string of the molecule is CCCCn1c(O)c(C=NC2CCCCC2N)c(=O)[nH]c1=O. The van der Waals surface area contributed by atoms with E-state index < -0.39 is 11.2 Å². The van der Waals surface area contributed by atoms with Crippen LogP contribution in [0.15, 0.2) is 14.6 Å². The molecular weight excluding hydrogens is 284 g/mol. The summed E-state index contributed by atoms with van der Waals surface area (Å²) in [5.41, 5.74) is 4.83. The fourth-order valence-corrected chi connectivity index (χ4v) is 2.71. The van der Waals surface area contributed by atoms with Gasteiger partial charge < -0.3 is 10.8 Å². The van der Waals surface area contributed by atoms with Crippen LogP contribution in [-0.4, -0.2) is 33.0 Å². The molecule has 1 aliphatic rings. The molecule has 0 saturated heterocycles. The molecule has 1 heterocycles. The fourth-order valence-electron chi connectivity index (χ4n) is 2.71.